The molecule has 1 saturated heterocycles. The smallest absolute Gasteiger partial charge is 0.128 e. The van der Waals surface area contributed by atoms with Gasteiger partial charge in [0.1, 0.15) is 5.82 Å². The first-order valence-corrected chi connectivity index (χ1v) is 7.79. The van der Waals surface area contributed by atoms with Gasteiger partial charge in [0, 0.05) is 17.1 Å². The lowest BCUT2D eigenvalue weighted by molar-refractivity contribution is 0.392. The molecule has 2 atom stereocenters. The zero-order valence-corrected chi connectivity index (χ0v) is 13.4. The lowest BCUT2D eigenvalue weighted by Gasteiger charge is -2.17. The zero-order chi connectivity index (χ0) is 13.6. The molecular weight excluding hydrogens is 326 g/mol. The first-order chi connectivity index (χ1) is 9.06. The summed E-state index contributed by atoms with van der Waals surface area (Å²) in [6.07, 6.45) is 1.16. The van der Waals surface area contributed by atoms with E-state index in [-0.39, 0.29) is 5.38 Å². The standard InChI is InChI=1S/C14H17BrClN3/c1-9(16)14-17-12-7-10(15)3-4-13(12)19(14)11-5-6-18(2)8-11/h3-4,7,9,11H,5-6,8H2,1-2H3. The van der Waals surface area contributed by atoms with Crippen LogP contribution in [0.15, 0.2) is 22.7 Å². The summed E-state index contributed by atoms with van der Waals surface area (Å²) >= 11 is 9.83. The number of rotatable bonds is 2. The monoisotopic (exact) mass is 341 g/mol. The van der Waals surface area contributed by atoms with Crippen LogP contribution >= 0.6 is 27.5 Å². The van der Waals surface area contributed by atoms with E-state index >= 15 is 0 Å². The number of nitrogens with zero attached hydrogens (tertiary/aromatic N) is 3. The lowest BCUT2D eigenvalue weighted by atomic mass is 10.2. The van der Waals surface area contributed by atoms with Crippen molar-refractivity contribution < 1.29 is 0 Å². The van der Waals surface area contributed by atoms with Gasteiger partial charge < -0.3 is 9.47 Å². The Morgan fingerprint density at radius 1 is 1.47 bits per heavy atom. The van der Waals surface area contributed by atoms with E-state index in [4.69, 9.17) is 16.6 Å². The Hall–Kier alpha value is -0.580. The van der Waals surface area contributed by atoms with E-state index in [1.807, 2.05) is 6.92 Å². The highest BCUT2D eigenvalue weighted by molar-refractivity contribution is 9.10. The van der Waals surface area contributed by atoms with E-state index in [1.54, 1.807) is 0 Å². The minimum absolute atomic E-state index is 0.0721. The van der Waals surface area contributed by atoms with Crippen LogP contribution in [-0.4, -0.2) is 34.6 Å². The summed E-state index contributed by atoms with van der Waals surface area (Å²) in [6.45, 7) is 4.20. The van der Waals surface area contributed by atoms with Crippen molar-refractivity contribution in [2.75, 3.05) is 20.1 Å². The predicted molar refractivity (Wildman–Crippen MR) is 82.9 cm³/mol. The Bertz CT molecular complexity index is 608. The van der Waals surface area contributed by atoms with E-state index in [0.29, 0.717) is 6.04 Å². The third kappa shape index (κ3) is 2.41. The largest absolute Gasteiger partial charge is 0.322 e. The van der Waals surface area contributed by atoms with E-state index in [1.165, 1.54) is 5.52 Å². The fourth-order valence-electron chi connectivity index (χ4n) is 2.88. The molecule has 102 valence electrons. The molecule has 0 spiro atoms. The van der Waals surface area contributed by atoms with Gasteiger partial charge in [-0.3, -0.25) is 0 Å². The molecule has 0 saturated carbocycles. The van der Waals surface area contributed by atoms with Crippen molar-refractivity contribution in [1.82, 2.24) is 14.5 Å². The van der Waals surface area contributed by atoms with Gasteiger partial charge in [-0.15, -0.1) is 11.6 Å². The first kappa shape index (κ1) is 13.4. The molecule has 1 aromatic heterocycles. The van der Waals surface area contributed by atoms with Gasteiger partial charge in [-0.1, -0.05) is 15.9 Å². The molecule has 2 unspecified atom stereocenters. The SMILES string of the molecule is CC(Cl)c1nc2cc(Br)ccc2n1C1CCN(C)C1. The van der Waals surface area contributed by atoms with Crippen LogP contribution in [0.25, 0.3) is 11.0 Å². The number of imidazole rings is 1. The maximum Gasteiger partial charge on any atom is 0.128 e. The van der Waals surface area contributed by atoms with Crippen LogP contribution in [0.3, 0.4) is 0 Å². The molecular formula is C14H17BrClN3. The molecule has 0 N–H and O–H groups in total. The van der Waals surface area contributed by atoms with Crippen molar-refractivity contribution >= 4 is 38.6 Å². The summed E-state index contributed by atoms with van der Waals surface area (Å²) in [5.41, 5.74) is 2.21. The molecule has 1 aromatic carbocycles. The third-order valence-corrected chi connectivity index (χ3v) is 4.45. The quantitative estimate of drug-likeness (QED) is 0.770. The van der Waals surface area contributed by atoms with Gasteiger partial charge in [-0.2, -0.15) is 0 Å². The number of likely N-dealkylation sites (N-methyl/N-ethyl adjacent to an activating group) is 1. The van der Waals surface area contributed by atoms with Crippen molar-refractivity contribution in [2.24, 2.45) is 0 Å². The minimum atomic E-state index is -0.0721. The number of fused-ring (bicyclic) bond motifs is 1. The molecule has 1 aliphatic rings. The molecule has 19 heavy (non-hydrogen) atoms. The van der Waals surface area contributed by atoms with Crippen molar-refractivity contribution in [1.29, 1.82) is 0 Å². The molecule has 2 heterocycles. The number of aromatic nitrogens is 2. The van der Waals surface area contributed by atoms with Crippen LogP contribution in [0, 0.1) is 0 Å². The average Bonchev–Trinajstić information content (AvgIpc) is 2.91. The maximum atomic E-state index is 6.33. The first-order valence-electron chi connectivity index (χ1n) is 6.56. The Morgan fingerprint density at radius 3 is 2.89 bits per heavy atom. The number of halogens is 2. The molecule has 0 radical (unpaired) electrons. The summed E-state index contributed by atoms with van der Waals surface area (Å²) in [7, 11) is 2.17. The topological polar surface area (TPSA) is 21.1 Å². The molecule has 3 rings (SSSR count). The van der Waals surface area contributed by atoms with Crippen LogP contribution in [0.5, 0.6) is 0 Å². The number of hydrogen-bond acceptors (Lipinski definition) is 2. The second kappa shape index (κ2) is 5.08. The zero-order valence-electron chi connectivity index (χ0n) is 11.1. The fourth-order valence-corrected chi connectivity index (χ4v) is 3.38. The van der Waals surface area contributed by atoms with Gasteiger partial charge in [0.15, 0.2) is 0 Å². The van der Waals surface area contributed by atoms with Crippen molar-refractivity contribution in [3.8, 4) is 0 Å². The Labute approximate surface area is 126 Å². The van der Waals surface area contributed by atoms with Crippen LogP contribution in [0.4, 0.5) is 0 Å². The molecule has 0 amide bonds. The average molecular weight is 343 g/mol. The highest BCUT2D eigenvalue weighted by Gasteiger charge is 2.26. The van der Waals surface area contributed by atoms with E-state index in [0.717, 1.165) is 35.3 Å². The van der Waals surface area contributed by atoms with Gasteiger partial charge in [0.05, 0.1) is 16.4 Å². The number of benzene rings is 1. The summed E-state index contributed by atoms with van der Waals surface area (Å²) in [6, 6.07) is 6.75. The summed E-state index contributed by atoms with van der Waals surface area (Å²) in [5.74, 6) is 0.982. The maximum absolute atomic E-state index is 6.33. The van der Waals surface area contributed by atoms with Crippen molar-refractivity contribution in [3.63, 3.8) is 0 Å². The predicted octanol–water partition coefficient (Wildman–Crippen LogP) is 3.98. The van der Waals surface area contributed by atoms with Gasteiger partial charge in [-0.05, 0) is 45.1 Å². The van der Waals surface area contributed by atoms with Gasteiger partial charge in [0.2, 0.25) is 0 Å². The van der Waals surface area contributed by atoms with Crippen LogP contribution in [0.2, 0.25) is 0 Å². The van der Waals surface area contributed by atoms with Gasteiger partial charge >= 0.3 is 0 Å². The van der Waals surface area contributed by atoms with Gasteiger partial charge in [0.25, 0.3) is 0 Å². The number of likely N-dealkylation sites (tertiary alicyclic amines) is 1. The number of hydrogen-bond donors (Lipinski definition) is 0. The highest BCUT2D eigenvalue weighted by Crippen LogP contribution is 2.32. The molecule has 5 heteroatoms. The molecule has 3 nitrogen and oxygen atoms in total. The van der Waals surface area contributed by atoms with Gasteiger partial charge in [-0.25, -0.2) is 4.98 Å². The molecule has 2 aromatic rings. The van der Waals surface area contributed by atoms with Crippen LogP contribution in [-0.2, 0) is 0 Å². The normalized spacial score (nSPS) is 22.2. The minimum Gasteiger partial charge on any atom is -0.322 e. The second-order valence-corrected chi connectivity index (χ2v) is 6.86. The van der Waals surface area contributed by atoms with E-state index in [2.05, 4.69) is 50.6 Å². The Morgan fingerprint density at radius 2 is 2.26 bits per heavy atom. The molecule has 1 aliphatic heterocycles. The summed E-state index contributed by atoms with van der Waals surface area (Å²) in [5, 5.41) is -0.0721. The van der Waals surface area contributed by atoms with Crippen LogP contribution in [0.1, 0.15) is 30.6 Å². The lowest BCUT2D eigenvalue weighted by Crippen LogP contribution is -2.18. The Kier molecular flexibility index (Phi) is 3.58. The summed E-state index contributed by atoms with van der Waals surface area (Å²) < 4.78 is 3.39. The van der Waals surface area contributed by atoms with Crippen molar-refractivity contribution in [2.45, 2.75) is 24.8 Å². The highest BCUT2D eigenvalue weighted by atomic mass is 79.9. The van der Waals surface area contributed by atoms with Crippen molar-refractivity contribution in [3.05, 3.63) is 28.5 Å². The summed E-state index contributed by atoms with van der Waals surface area (Å²) in [4.78, 5) is 7.08. The Balaban J connectivity index is 2.16. The molecule has 0 bridgehead atoms. The molecule has 1 fully saturated rings. The van der Waals surface area contributed by atoms with E-state index in [9.17, 15) is 0 Å². The molecule has 0 aliphatic carbocycles. The van der Waals surface area contributed by atoms with Crippen LogP contribution < -0.4 is 0 Å². The third-order valence-electron chi connectivity index (χ3n) is 3.77. The number of alkyl halides is 1. The fraction of sp³-hybridized carbons (Fsp3) is 0.500. The second-order valence-electron chi connectivity index (χ2n) is 5.29. The van der Waals surface area contributed by atoms with E-state index < -0.39 is 0 Å².